The Hall–Kier alpha value is -0.390. The number of carbonyl (C=O) groups excluding carboxylic acids is 1. The number of hydrogen-bond acceptors (Lipinski definition) is 2. The fourth-order valence-electron chi connectivity index (χ4n) is 0.840. The number of halogens is 2. The monoisotopic (exact) mass is 320 g/mol. The van der Waals surface area contributed by atoms with E-state index in [0.29, 0.717) is 5.69 Å². The van der Waals surface area contributed by atoms with Gasteiger partial charge in [-0.25, -0.2) is 0 Å². The summed E-state index contributed by atoms with van der Waals surface area (Å²) in [6.45, 7) is 1.64. The molecule has 0 aromatic heterocycles. The molecule has 0 radical (unpaired) electrons. The molecule has 1 aromatic rings. The predicted molar refractivity (Wildman–Crippen MR) is 64.1 cm³/mol. The molecule has 1 rings (SSSR count). The van der Waals surface area contributed by atoms with Crippen LogP contribution in [0.4, 0.5) is 5.69 Å². The molecule has 5 heteroatoms. The van der Waals surface area contributed by atoms with Crippen LogP contribution in [0.15, 0.2) is 27.1 Å². The van der Waals surface area contributed by atoms with Crippen molar-refractivity contribution < 1.29 is 4.79 Å². The minimum absolute atomic E-state index is 0.205. The molecular formula is C9H10Br2N2O. The van der Waals surface area contributed by atoms with Crippen LogP contribution in [-0.4, -0.2) is 11.9 Å². The van der Waals surface area contributed by atoms with Gasteiger partial charge in [0.1, 0.15) is 0 Å². The number of carbonyl (C=O) groups is 1. The smallest absolute Gasteiger partial charge is 0.241 e. The van der Waals surface area contributed by atoms with E-state index < -0.39 is 6.04 Å². The molecule has 0 saturated carbocycles. The maximum atomic E-state index is 11.3. The van der Waals surface area contributed by atoms with Gasteiger partial charge >= 0.3 is 0 Å². The lowest BCUT2D eigenvalue weighted by molar-refractivity contribution is -0.117. The van der Waals surface area contributed by atoms with Crippen LogP contribution in [0.3, 0.4) is 0 Å². The molecule has 1 atom stereocenters. The Kier molecular flexibility index (Phi) is 4.10. The molecule has 1 aromatic carbocycles. The van der Waals surface area contributed by atoms with E-state index in [2.05, 4.69) is 37.2 Å². The van der Waals surface area contributed by atoms with Crippen molar-refractivity contribution in [2.75, 3.05) is 5.32 Å². The summed E-state index contributed by atoms with van der Waals surface area (Å²) in [5, 5.41) is 2.71. The van der Waals surface area contributed by atoms with Gasteiger partial charge in [-0.1, -0.05) is 15.9 Å². The molecule has 3 N–H and O–H groups in total. The van der Waals surface area contributed by atoms with E-state index in [9.17, 15) is 4.79 Å². The quantitative estimate of drug-likeness (QED) is 0.879. The first-order chi connectivity index (χ1) is 6.50. The third kappa shape index (κ3) is 3.08. The molecule has 0 aliphatic heterocycles. The highest BCUT2D eigenvalue weighted by atomic mass is 79.9. The lowest BCUT2D eigenvalue weighted by Crippen LogP contribution is -2.32. The standard InChI is InChI=1S/C9H10Br2N2O/c1-5(12)9(14)13-8-4-6(10)2-3-7(8)11/h2-5H,12H2,1H3,(H,13,14). The molecule has 0 heterocycles. The molecule has 76 valence electrons. The number of anilines is 1. The zero-order valence-corrected chi connectivity index (χ0v) is 10.7. The van der Waals surface area contributed by atoms with Crippen LogP contribution in [0.5, 0.6) is 0 Å². The van der Waals surface area contributed by atoms with Crippen molar-refractivity contribution in [3.05, 3.63) is 27.1 Å². The summed E-state index contributed by atoms with van der Waals surface area (Å²) in [5.41, 5.74) is 6.14. The number of hydrogen-bond donors (Lipinski definition) is 2. The van der Waals surface area contributed by atoms with Crippen LogP contribution in [0.2, 0.25) is 0 Å². The van der Waals surface area contributed by atoms with Crippen LogP contribution in [0.1, 0.15) is 6.92 Å². The SMILES string of the molecule is CC(N)C(=O)Nc1cc(Br)ccc1Br. The van der Waals surface area contributed by atoms with E-state index in [1.807, 2.05) is 18.2 Å². The van der Waals surface area contributed by atoms with Crippen LogP contribution in [-0.2, 0) is 4.79 Å². The fraction of sp³-hybridized carbons (Fsp3) is 0.222. The maximum absolute atomic E-state index is 11.3. The van der Waals surface area contributed by atoms with E-state index in [1.54, 1.807) is 6.92 Å². The topological polar surface area (TPSA) is 55.1 Å². The van der Waals surface area contributed by atoms with Crippen LogP contribution in [0, 0.1) is 0 Å². The van der Waals surface area contributed by atoms with Crippen molar-refractivity contribution in [1.29, 1.82) is 0 Å². The second-order valence-electron chi connectivity index (χ2n) is 2.90. The fourth-order valence-corrected chi connectivity index (χ4v) is 1.55. The summed E-state index contributed by atoms with van der Waals surface area (Å²) in [6, 6.07) is 5.03. The molecule has 0 saturated heterocycles. The highest BCUT2D eigenvalue weighted by Gasteiger charge is 2.09. The lowest BCUT2D eigenvalue weighted by Gasteiger charge is -2.09. The van der Waals surface area contributed by atoms with Crippen molar-refractivity contribution in [2.45, 2.75) is 13.0 Å². The van der Waals surface area contributed by atoms with Gasteiger partial charge < -0.3 is 11.1 Å². The maximum Gasteiger partial charge on any atom is 0.241 e. The number of benzene rings is 1. The highest BCUT2D eigenvalue weighted by molar-refractivity contribution is 9.11. The van der Waals surface area contributed by atoms with Gasteiger partial charge in [-0.3, -0.25) is 4.79 Å². The summed E-state index contributed by atoms with van der Waals surface area (Å²) in [7, 11) is 0. The Bertz CT molecular complexity index is 353. The highest BCUT2D eigenvalue weighted by Crippen LogP contribution is 2.26. The first kappa shape index (κ1) is 11.7. The minimum Gasteiger partial charge on any atom is -0.324 e. The van der Waals surface area contributed by atoms with Crippen molar-refractivity contribution >= 4 is 43.5 Å². The molecule has 14 heavy (non-hydrogen) atoms. The Labute approximate surface area is 99.3 Å². The molecular weight excluding hydrogens is 312 g/mol. The van der Waals surface area contributed by atoms with E-state index in [0.717, 1.165) is 8.95 Å². The number of amides is 1. The molecule has 0 spiro atoms. The van der Waals surface area contributed by atoms with E-state index in [1.165, 1.54) is 0 Å². The third-order valence-corrected chi connectivity index (χ3v) is 2.78. The average molecular weight is 322 g/mol. The largest absolute Gasteiger partial charge is 0.324 e. The summed E-state index contributed by atoms with van der Waals surface area (Å²) < 4.78 is 1.73. The summed E-state index contributed by atoms with van der Waals surface area (Å²) in [5.74, 6) is -0.205. The second kappa shape index (κ2) is 4.91. The Morgan fingerprint density at radius 2 is 2.14 bits per heavy atom. The Morgan fingerprint density at radius 1 is 1.50 bits per heavy atom. The summed E-state index contributed by atoms with van der Waals surface area (Å²) in [6.07, 6.45) is 0. The number of rotatable bonds is 2. The second-order valence-corrected chi connectivity index (χ2v) is 4.67. The normalized spacial score (nSPS) is 12.3. The van der Waals surface area contributed by atoms with E-state index in [-0.39, 0.29) is 5.91 Å². The summed E-state index contributed by atoms with van der Waals surface area (Å²) in [4.78, 5) is 11.3. The van der Waals surface area contributed by atoms with E-state index in [4.69, 9.17) is 5.73 Å². The van der Waals surface area contributed by atoms with Crippen molar-refractivity contribution in [2.24, 2.45) is 5.73 Å². The zero-order chi connectivity index (χ0) is 10.7. The summed E-state index contributed by atoms with van der Waals surface area (Å²) >= 11 is 6.65. The number of nitrogens with two attached hydrogens (primary N) is 1. The Balaban J connectivity index is 2.86. The van der Waals surface area contributed by atoms with Gasteiger partial charge in [0.05, 0.1) is 11.7 Å². The van der Waals surface area contributed by atoms with Gasteiger partial charge in [0.15, 0.2) is 0 Å². The van der Waals surface area contributed by atoms with Gasteiger partial charge in [-0.2, -0.15) is 0 Å². The van der Waals surface area contributed by atoms with Gasteiger partial charge in [-0.15, -0.1) is 0 Å². The third-order valence-electron chi connectivity index (χ3n) is 1.60. The van der Waals surface area contributed by atoms with Crippen LogP contribution >= 0.6 is 31.9 Å². The van der Waals surface area contributed by atoms with Crippen LogP contribution < -0.4 is 11.1 Å². The molecule has 1 unspecified atom stereocenters. The van der Waals surface area contributed by atoms with Crippen LogP contribution in [0.25, 0.3) is 0 Å². The van der Waals surface area contributed by atoms with Gasteiger partial charge in [0.25, 0.3) is 0 Å². The van der Waals surface area contributed by atoms with Crippen molar-refractivity contribution in [1.82, 2.24) is 0 Å². The van der Waals surface area contributed by atoms with Gasteiger partial charge in [-0.05, 0) is 41.1 Å². The minimum atomic E-state index is -0.513. The molecule has 0 bridgehead atoms. The molecule has 1 amide bonds. The Morgan fingerprint density at radius 3 is 2.71 bits per heavy atom. The average Bonchev–Trinajstić information content (AvgIpc) is 2.11. The molecule has 0 aliphatic carbocycles. The molecule has 3 nitrogen and oxygen atoms in total. The van der Waals surface area contributed by atoms with E-state index >= 15 is 0 Å². The first-order valence-electron chi connectivity index (χ1n) is 4.02. The van der Waals surface area contributed by atoms with Crippen molar-refractivity contribution in [3.8, 4) is 0 Å². The zero-order valence-electron chi connectivity index (χ0n) is 7.55. The number of nitrogens with one attached hydrogen (secondary N) is 1. The lowest BCUT2D eigenvalue weighted by atomic mass is 10.3. The van der Waals surface area contributed by atoms with Gasteiger partial charge in [0, 0.05) is 8.95 Å². The van der Waals surface area contributed by atoms with Crippen molar-refractivity contribution in [3.63, 3.8) is 0 Å². The predicted octanol–water partition coefficient (Wildman–Crippen LogP) is 2.50. The van der Waals surface area contributed by atoms with Gasteiger partial charge in [0.2, 0.25) is 5.91 Å². The first-order valence-corrected chi connectivity index (χ1v) is 5.61. The molecule has 0 fully saturated rings. The molecule has 0 aliphatic rings.